The lowest BCUT2D eigenvalue weighted by Gasteiger charge is -2.09. The number of nitrogens with one attached hydrogen (secondary N) is 2. The molecule has 0 radical (unpaired) electrons. The van der Waals surface area contributed by atoms with Gasteiger partial charge in [-0.2, -0.15) is 0 Å². The van der Waals surface area contributed by atoms with Gasteiger partial charge in [0, 0.05) is 28.2 Å². The Labute approximate surface area is 146 Å². The third-order valence-electron chi connectivity index (χ3n) is 3.76. The number of amides is 1. The standard InChI is InChI=1S/C21H18N2O2/c1-15(24)16-7-9-18(10-8-16)22-19-11-13-20(14-12-19)23-21(25)17-5-3-2-4-6-17/h2-14,22H,1H3,(H,23,25). The molecule has 0 atom stereocenters. The summed E-state index contributed by atoms with van der Waals surface area (Å²) in [4.78, 5) is 23.4. The molecule has 0 fully saturated rings. The van der Waals surface area contributed by atoms with Gasteiger partial charge in [-0.15, -0.1) is 0 Å². The van der Waals surface area contributed by atoms with E-state index in [9.17, 15) is 9.59 Å². The first-order chi connectivity index (χ1) is 12.1. The second-order valence-corrected chi connectivity index (χ2v) is 5.66. The van der Waals surface area contributed by atoms with Crippen molar-refractivity contribution in [2.45, 2.75) is 6.92 Å². The van der Waals surface area contributed by atoms with Crippen molar-refractivity contribution in [2.24, 2.45) is 0 Å². The van der Waals surface area contributed by atoms with Gasteiger partial charge in [0.05, 0.1) is 0 Å². The Morgan fingerprint density at radius 2 is 1.16 bits per heavy atom. The van der Waals surface area contributed by atoms with E-state index in [1.807, 2.05) is 54.6 Å². The molecule has 0 spiro atoms. The van der Waals surface area contributed by atoms with Gasteiger partial charge in [0.2, 0.25) is 0 Å². The quantitative estimate of drug-likeness (QED) is 0.655. The summed E-state index contributed by atoms with van der Waals surface area (Å²) in [5.41, 5.74) is 3.82. The molecular weight excluding hydrogens is 312 g/mol. The smallest absolute Gasteiger partial charge is 0.255 e. The summed E-state index contributed by atoms with van der Waals surface area (Å²) in [6, 6.07) is 23.9. The molecule has 3 rings (SSSR count). The van der Waals surface area contributed by atoms with Gasteiger partial charge in [0.25, 0.3) is 5.91 Å². The number of rotatable bonds is 5. The zero-order valence-corrected chi connectivity index (χ0v) is 13.8. The molecule has 0 aromatic heterocycles. The summed E-state index contributed by atoms with van der Waals surface area (Å²) >= 11 is 0. The molecule has 0 saturated carbocycles. The molecule has 0 saturated heterocycles. The summed E-state index contributed by atoms with van der Waals surface area (Å²) in [6.07, 6.45) is 0. The minimum Gasteiger partial charge on any atom is -0.356 e. The van der Waals surface area contributed by atoms with Crippen molar-refractivity contribution < 1.29 is 9.59 Å². The predicted octanol–water partition coefficient (Wildman–Crippen LogP) is 4.89. The summed E-state index contributed by atoms with van der Waals surface area (Å²) in [5, 5.41) is 6.12. The molecule has 25 heavy (non-hydrogen) atoms. The lowest BCUT2D eigenvalue weighted by molar-refractivity contribution is 0.101. The number of carbonyl (C=O) groups excluding carboxylic acids is 2. The molecule has 4 nitrogen and oxygen atoms in total. The third kappa shape index (κ3) is 4.32. The Morgan fingerprint density at radius 1 is 0.640 bits per heavy atom. The van der Waals surface area contributed by atoms with Gasteiger partial charge in [0.15, 0.2) is 5.78 Å². The highest BCUT2D eigenvalue weighted by atomic mass is 16.1. The fourth-order valence-corrected chi connectivity index (χ4v) is 2.38. The zero-order valence-electron chi connectivity index (χ0n) is 13.8. The van der Waals surface area contributed by atoms with Crippen molar-refractivity contribution >= 4 is 28.8 Å². The average molecular weight is 330 g/mol. The number of ketones is 1. The van der Waals surface area contributed by atoms with Gasteiger partial charge in [-0.3, -0.25) is 9.59 Å². The number of Topliss-reactive ketones (excluding diaryl/α,β-unsaturated/α-hetero) is 1. The highest BCUT2D eigenvalue weighted by molar-refractivity contribution is 6.04. The third-order valence-corrected chi connectivity index (χ3v) is 3.76. The van der Waals surface area contributed by atoms with Gasteiger partial charge in [-0.25, -0.2) is 0 Å². The molecule has 0 aliphatic carbocycles. The van der Waals surface area contributed by atoms with Crippen LogP contribution in [-0.2, 0) is 0 Å². The van der Waals surface area contributed by atoms with Crippen LogP contribution >= 0.6 is 0 Å². The molecule has 124 valence electrons. The predicted molar refractivity (Wildman–Crippen MR) is 101 cm³/mol. The molecule has 0 heterocycles. The highest BCUT2D eigenvalue weighted by Crippen LogP contribution is 2.20. The van der Waals surface area contributed by atoms with Gasteiger partial charge < -0.3 is 10.6 Å². The van der Waals surface area contributed by atoms with E-state index in [0.29, 0.717) is 11.1 Å². The number of anilines is 3. The number of benzene rings is 3. The van der Waals surface area contributed by atoms with E-state index in [1.165, 1.54) is 0 Å². The first-order valence-electron chi connectivity index (χ1n) is 7.96. The van der Waals surface area contributed by atoms with Crippen molar-refractivity contribution in [1.82, 2.24) is 0 Å². The van der Waals surface area contributed by atoms with E-state index in [4.69, 9.17) is 0 Å². The van der Waals surface area contributed by atoms with Crippen LogP contribution in [0.25, 0.3) is 0 Å². The number of hydrogen-bond acceptors (Lipinski definition) is 3. The van der Waals surface area contributed by atoms with Crippen LogP contribution in [0.3, 0.4) is 0 Å². The van der Waals surface area contributed by atoms with Crippen LogP contribution in [0.2, 0.25) is 0 Å². The van der Waals surface area contributed by atoms with Crippen LogP contribution in [0.15, 0.2) is 78.9 Å². The number of carbonyl (C=O) groups is 2. The molecule has 1 amide bonds. The van der Waals surface area contributed by atoms with E-state index >= 15 is 0 Å². The van der Waals surface area contributed by atoms with Gasteiger partial charge >= 0.3 is 0 Å². The van der Waals surface area contributed by atoms with Gasteiger partial charge in [0.1, 0.15) is 0 Å². The van der Waals surface area contributed by atoms with Crippen LogP contribution in [0, 0.1) is 0 Å². The lowest BCUT2D eigenvalue weighted by atomic mass is 10.1. The van der Waals surface area contributed by atoms with Crippen LogP contribution < -0.4 is 10.6 Å². The zero-order chi connectivity index (χ0) is 17.6. The minimum absolute atomic E-state index is 0.0464. The van der Waals surface area contributed by atoms with E-state index in [2.05, 4.69) is 10.6 Å². The molecular formula is C21H18N2O2. The minimum atomic E-state index is -0.138. The van der Waals surface area contributed by atoms with E-state index in [1.54, 1.807) is 31.2 Å². The Morgan fingerprint density at radius 3 is 1.72 bits per heavy atom. The second kappa shape index (κ2) is 7.45. The Bertz CT molecular complexity index is 870. The molecule has 3 aromatic rings. The second-order valence-electron chi connectivity index (χ2n) is 5.66. The summed E-state index contributed by atoms with van der Waals surface area (Å²) in [5.74, 6) is -0.0915. The number of hydrogen-bond donors (Lipinski definition) is 2. The van der Waals surface area contributed by atoms with Crippen LogP contribution in [0.4, 0.5) is 17.1 Å². The maximum atomic E-state index is 12.1. The SMILES string of the molecule is CC(=O)c1ccc(Nc2ccc(NC(=O)c3ccccc3)cc2)cc1. The van der Waals surface area contributed by atoms with E-state index in [-0.39, 0.29) is 11.7 Å². The summed E-state index contributed by atoms with van der Waals surface area (Å²) in [6.45, 7) is 1.55. The topological polar surface area (TPSA) is 58.2 Å². The van der Waals surface area contributed by atoms with E-state index in [0.717, 1.165) is 17.1 Å². The molecule has 4 heteroatoms. The molecule has 0 bridgehead atoms. The van der Waals surface area contributed by atoms with Gasteiger partial charge in [-0.1, -0.05) is 18.2 Å². The van der Waals surface area contributed by atoms with Gasteiger partial charge in [-0.05, 0) is 67.6 Å². The summed E-state index contributed by atoms with van der Waals surface area (Å²) in [7, 11) is 0. The van der Waals surface area contributed by atoms with Crippen molar-refractivity contribution in [1.29, 1.82) is 0 Å². The monoisotopic (exact) mass is 330 g/mol. The maximum Gasteiger partial charge on any atom is 0.255 e. The highest BCUT2D eigenvalue weighted by Gasteiger charge is 2.05. The molecule has 2 N–H and O–H groups in total. The lowest BCUT2D eigenvalue weighted by Crippen LogP contribution is -2.11. The fourth-order valence-electron chi connectivity index (χ4n) is 2.38. The maximum absolute atomic E-state index is 12.1. The largest absolute Gasteiger partial charge is 0.356 e. The van der Waals surface area contributed by atoms with Crippen LogP contribution in [-0.4, -0.2) is 11.7 Å². The first kappa shape index (κ1) is 16.5. The fraction of sp³-hybridized carbons (Fsp3) is 0.0476. The summed E-state index contributed by atoms with van der Waals surface area (Å²) < 4.78 is 0. The Balaban J connectivity index is 1.64. The van der Waals surface area contributed by atoms with Crippen LogP contribution in [0.1, 0.15) is 27.6 Å². The Hall–Kier alpha value is -3.40. The Kier molecular flexibility index (Phi) is 4.90. The van der Waals surface area contributed by atoms with E-state index < -0.39 is 0 Å². The molecule has 3 aromatic carbocycles. The molecule has 0 aliphatic heterocycles. The molecule has 0 aliphatic rings. The van der Waals surface area contributed by atoms with Crippen molar-refractivity contribution in [3.8, 4) is 0 Å². The molecule has 0 unspecified atom stereocenters. The van der Waals surface area contributed by atoms with Crippen molar-refractivity contribution in [2.75, 3.05) is 10.6 Å². The van der Waals surface area contributed by atoms with Crippen molar-refractivity contribution in [3.05, 3.63) is 90.0 Å². The van der Waals surface area contributed by atoms with Crippen molar-refractivity contribution in [3.63, 3.8) is 0 Å². The van der Waals surface area contributed by atoms with Crippen LogP contribution in [0.5, 0.6) is 0 Å². The first-order valence-corrected chi connectivity index (χ1v) is 7.96. The average Bonchev–Trinajstić information content (AvgIpc) is 2.64. The normalized spacial score (nSPS) is 10.1.